The van der Waals surface area contributed by atoms with Crippen molar-refractivity contribution in [2.45, 2.75) is 6.92 Å². The maximum Gasteiger partial charge on any atom is 0.225 e. The van der Waals surface area contributed by atoms with Crippen LogP contribution in [-0.4, -0.2) is 20.1 Å². The van der Waals surface area contributed by atoms with Crippen LogP contribution < -0.4 is 15.9 Å². The monoisotopic (exact) mass is 205 g/mol. The van der Waals surface area contributed by atoms with Crippen LogP contribution >= 0.6 is 12.2 Å². The van der Waals surface area contributed by atoms with Gasteiger partial charge in [-0.3, -0.25) is 0 Å². The molecule has 1 aromatic carbocycles. The Balaban J connectivity index is 2.86. The van der Waals surface area contributed by atoms with Crippen LogP contribution in [0.3, 0.4) is 0 Å². The molecule has 0 atom stereocenters. The first kappa shape index (κ1) is 10.9. The lowest BCUT2D eigenvalue weighted by Gasteiger charge is -2.10. The molecule has 2 radical (unpaired) electrons. The fourth-order valence-corrected chi connectivity index (χ4v) is 1.28. The zero-order valence-electron chi connectivity index (χ0n) is 8.22. The fraction of sp³-hybridized carbons (Fsp3) is 0.222. The number of aryl methyl sites for hydroxylation is 1. The van der Waals surface area contributed by atoms with Crippen LogP contribution in [0.15, 0.2) is 18.2 Å². The van der Waals surface area contributed by atoms with Gasteiger partial charge in [-0.05, 0) is 42.9 Å². The van der Waals surface area contributed by atoms with E-state index >= 15 is 0 Å². The highest BCUT2D eigenvalue weighted by molar-refractivity contribution is 7.80. The first-order valence-corrected chi connectivity index (χ1v) is 4.63. The molecule has 0 saturated carbocycles. The summed E-state index contributed by atoms with van der Waals surface area (Å²) in [6.07, 6.45) is 0. The normalized spacial score (nSPS) is 9.29. The van der Waals surface area contributed by atoms with E-state index in [0.29, 0.717) is 5.11 Å². The molecular formula is C9H12BN3S. The first-order chi connectivity index (χ1) is 6.65. The van der Waals surface area contributed by atoms with Crippen molar-refractivity contribution in [1.29, 1.82) is 0 Å². The molecule has 0 spiro atoms. The highest BCUT2D eigenvalue weighted by Gasteiger charge is 1.98. The van der Waals surface area contributed by atoms with E-state index in [9.17, 15) is 0 Å². The van der Waals surface area contributed by atoms with E-state index < -0.39 is 0 Å². The number of anilines is 2. The second kappa shape index (κ2) is 4.86. The van der Waals surface area contributed by atoms with Crippen molar-refractivity contribution in [3.63, 3.8) is 0 Å². The van der Waals surface area contributed by atoms with E-state index in [1.165, 1.54) is 0 Å². The van der Waals surface area contributed by atoms with Crippen molar-refractivity contribution >= 4 is 36.7 Å². The van der Waals surface area contributed by atoms with Gasteiger partial charge in [0.1, 0.15) is 0 Å². The van der Waals surface area contributed by atoms with Crippen LogP contribution in [0.5, 0.6) is 0 Å². The molecule has 0 heterocycles. The second-order valence-electron chi connectivity index (χ2n) is 2.94. The standard InChI is InChI=1S/C9H12BN3S/c1-6-3-7(11-2)5-8(4-6)12-9(14)13-10/h3-5,11H,1-2H3,(H2,12,13,14). The van der Waals surface area contributed by atoms with Crippen LogP contribution in [0.25, 0.3) is 0 Å². The van der Waals surface area contributed by atoms with Crippen molar-refractivity contribution in [1.82, 2.24) is 5.23 Å². The first-order valence-electron chi connectivity index (χ1n) is 4.22. The van der Waals surface area contributed by atoms with Crippen LogP contribution in [-0.2, 0) is 0 Å². The predicted octanol–water partition coefficient (Wildman–Crippen LogP) is 1.41. The lowest BCUT2D eigenvalue weighted by Crippen LogP contribution is -2.25. The van der Waals surface area contributed by atoms with Gasteiger partial charge < -0.3 is 15.9 Å². The summed E-state index contributed by atoms with van der Waals surface area (Å²) in [7, 11) is 7.03. The average Bonchev–Trinajstić information content (AvgIpc) is 2.16. The Morgan fingerprint density at radius 3 is 2.50 bits per heavy atom. The number of hydrogen-bond acceptors (Lipinski definition) is 2. The molecule has 1 rings (SSSR count). The molecule has 5 heteroatoms. The molecule has 0 unspecified atom stereocenters. The fourth-order valence-electron chi connectivity index (χ4n) is 1.17. The smallest absolute Gasteiger partial charge is 0.225 e. The molecule has 0 fully saturated rings. The SMILES string of the molecule is [B]NC(=S)Nc1cc(C)cc(NC)c1. The molecule has 0 aliphatic carbocycles. The summed E-state index contributed by atoms with van der Waals surface area (Å²) in [5.41, 5.74) is 3.10. The summed E-state index contributed by atoms with van der Waals surface area (Å²) < 4.78 is 0. The van der Waals surface area contributed by atoms with Gasteiger partial charge in [-0.15, -0.1) is 0 Å². The van der Waals surface area contributed by atoms with Gasteiger partial charge in [0.15, 0.2) is 5.11 Å². The molecule has 14 heavy (non-hydrogen) atoms. The van der Waals surface area contributed by atoms with E-state index in [-0.39, 0.29) is 0 Å². The van der Waals surface area contributed by atoms with Gasteiger partial charge in [0.2, 0.25) is 7.98 Å². The lowest BCUT2D eigenvalue weighted by atomic mass is 10.2. The molecule has 72 valence electrons. The minimum absolute atomic E-state index is 0.401. The number of thiocarbonyl (C=S) groups is 1. The van der Waals surface area contributed by atoms with Crippen LogP contribution in [0, 0.1) is 6.92 Å². The van der Waals surface area contributed by atoms with Crippen LogP contribution in [0.2, 0.25) is 0 Å². The third-order valence-electron chi connectivity index (χ3n) is 1.75. The summed E-state index contributed by atoms with van der Waals surface area (Å²) in [6, 6.07) is 5.99. The van der Waals surface area contributed by atoms with Crippen molar-refractivity contribution in [3.05, 3.63) is 23.8 Å². The maximum absolute atomic E-state index is 5.16. The third-order valence-corrected chi connectivity index (χ3v) is 1.97. The largest absolute Gasteiger partial charge is 0.415 e. The molecule has 0 saturated heterocycles. The molecular weight excluding hydrogens is 193 g/mol. The van der Waals surface area contributed by atoms with Gasteiger partial charge >= 0.3 is 0 Å². The highest BCUT2D eigenvalue weighted by Crippen LogP contribution is 2.17. The number of rotatable bonds is 2. The van der Waals surface area contributed by atoms with E-state index in [0.717, 1.165) is 16.9 Å². The Labute approximate surface area is 90.7 Å². The van der Waals surface area contributed by atoms with Crippen LogP contribution in [0.1, 0.15) is 5.56 Å². The quantitative estimate of drug-likeness (QED) is 0.504. The van der Waals surface area contributed by atoms with Crippen molar-refractivity contribution in [2.75, 3.05) is 17.7 Å². The van der Waals surface area contributed by atoms with Gasteiger partial charge in [0.05, 0.1) is 0 Å². The molecule has 3 nitrogen and oxygen atoms in total. The number of nitrogens with one attached hydrogen (secondary N) is 3. The molecule has 0 amide bonds. The predicted molar refractivity (Wildman–Crippen MR) is 65.8 cm³/mol. The average molecular weight is 205 g/mol. The molecule has 0 bridgehead atoms. The lowest BCUT2D eigenvalue weighted by molar-refractivity contribution is 1.41. The van der Waals surface area contributed by atoms with Gasteiger partial charge in [0.25, 0.3) is 0 Å². The van der Waals surface area contributed by atoms with E-state index in [4.69, 9.17) is 20.2 Å². The Morgan fingerprint density at radius 2 is 1.93 bits per heavy atom. The van der Waals surface area contributed by atoms with E-state index in [2.05, 4.69) is 15.9 Å². The molecule has 1 aromatic rings. The van der Waals surface area contributed by atoms with E-state index in [1.54, 1.807) is 0 Å². The molecule has 0 aliphatic heterocycles. The van der Waals surface area contributed by atoms with Crippen molar-refractivity contribution in [3.8, 4) is 0 Å². The summed E-state index contributed by atoms with van der Waals surface area (Å²) in [6.45, 7) is 2.02. The Morgan fingerprint density at radius 1 is 1.29 bits per heavy atom. The number of hydrogen-bond donors (Lipinski definition) is 3. The molecule has 0 aromatic heterocycles. The van der Waals surface area contributed by atoms with Crippen molar-refractivity contribution < 1.29 is 0 Å². The van der Waals surface area contributed by atoms with Gasteiger partial charge in [-0.1, -0.05) is 0 Å². The number of benzene rings is 1. The third kappa shape index (κ3) is 2.92. The second-order valence-corrected chi connectivity index (χ2v) is 3.34. The minimum Gasteiger partial charge on any atom is -0.415 e. The van der Waals surface area contributed by atoms with Gasteiger partial charge in [-0.2, -0.15) is 0 Å². The zero-order valence-corrected chi connectivity index (χ0v) is 9.03. The van der Waals surface area contributed by atoms with Gasteiger partial charge in [0, 0.05) is 18.4 Å². The Kier molecular flexibility index (Phi) is 3.77. The molecule has 3 N–H and O–H groups in total. The molecule has 0 aliphatic rings. The topological polar surface area (TPSA) is 36.1 Å². The summed E-state index contributed by atoms with van der Waals surface area (Å²) in [5, 5.41) is 8.80. The summed E-state index contributed by atoms with van der Waals surface area (Å²) >= 11 is 4.89. The van der Waals surface area contributed by atoms with Crippen LogP contribution in [0.4, 0.5) is 11.4 Å². The zero-order chi connectivity index (χ0) is 10.6. The highest BCUT2D eigenvalue weighted by atomic mass is 32.1. The Bertz CT molecular complexity index is 341. The van der Waals surface area contributed by atoms with E-state index in [1.807, 2.05) is 32.2 Å². The van der Waals surface area contributed by atoms with Gasteiger partial charge in [-0.25, -0.2) is 0 Å². The summed E-state index contributed by atoms with van der Waals surface area (Å²) in [4.78, 5) is 0. The maximum atomic E-state index is 5.16. The summed E-state index contributed by atoms with van der Waals surface area (Å²) in [5.74, 6) is 0. The van der Waals surface area contributed by atoms with Crippen molar-refractivity contribution in [2.24, 2.45) is 0 Å². The minimum atomic E-state index is 0.401. The Hall–Kier alpha value is -1.23.